The fourth-order valence-corrected chi connectivity index (χ4v) is 0.950. The van der Waals surface area contributed by atoms with Crippen LogP contribution in [0.5, 0.6) is 5.75 Å². The molecule has 0 radical (unpaired) electrons. The summed E-state index contributed by atoms with van der Waals surface area (Å²) in [6.45, 7) is 0. The monoisotopic (exact) mass is 232 g/mol. The average molecular weight is 233 g/mol. The Hall–Kier alpha value is -1.30. The zero-order chi connectivity index (χ0) is 9.30. The number of nitro groups is 1. The predicted molar refractivity (Wildman–Crippen MR) is 46.9 cm³/mol. The minimum Gasteiger partial charge on any atom is -0.506 e. The Morgan fingerprint density at radius 3 is 2.58 bits per heavy atom. The number of phenols is 1. The number of hydrogen-bond acceptors (Lipinski definition) is 4. The minimum absolute atomic E-state index is 0.140. The SMILES string of the molecule is Nc1cc([N+](=O)[O-])cc(O)c1Br. The zero-order valence-electron chi connectivity index (χ0n) is 5.82. The van der Waals surface area contributed by atoms with Crippen molar-refractivity contribution in [3.8, 4) is 5.75 Å². The summed E-state index contributed by atoms with van der Waals surface area (Å²) in [6.07, 6.45) is 0. The topological polar surface area (TPSA) is 89.4 Å². The predicted octanol–water partition coefficient (Wildman–Crippen LogP) is 1.65. The van der Waals surface area contributed by atoms with Gasteiger partial charge in [-0.15, -0.1) is 0 Å². The fraction of sp³-hybridized carbons (Fsp3) is 0. The number of halogens is 1. The average Bonchev–Trinajstić information content (AvgIpc) is 1.99. The fourth-order valence-electron chi connectivity index (χ4n) is 0.721. The Morgan fingerprint density at radius 1 is 1.58 bits per heavy atom. The Kier molecular flexibility index (Phi) is 2.18. The van der Waals surface area contributed by atoms with Crippen LogP contribution in [0.4, 0.5) is 11.4 Å². The highest BCUT2D eigenvalue weighted by Crippen LogP contribution is 2.33. The van der Waals surface area contributed by atoms with Crippen LogP contribution in [0.2, 0.25) is 0 Å². The third kappa shape index (κ3) is 1.48. The van der Waals surface area contributed by atoms with E-state index in [1.165, 1.54) is 6.07 Å². The van der Waals surface area contributed by atoms with Gasteiger partial charge >= 0.3 is 0 Å². The van der Waals surface area contributed by atoms with Gasteiger partial charge in [0.2, 0.25) is 0 Å². The number of anilines is 1. The standard InChI is InChI=1S/C6H5BrN2O3/c7-6-4(8)1-3(9(11)12)2-5(6)10/h1-2,10H,8H2. The van der Waals surface area contributed by atoms with Crippen molar-refractivity contribution in [3.63, 3.8) is 0 Å². The van der Waals surface area contributed by atoms with Crippen molar-refractivity contribution in [1.29, 1.82) is 0 Å². The van der Waals surface area contributed by atoms with Gasteiger partial charge < -0.3 is 10.8 Å². The first-order valence-corrected chi connectivity index (χ1v) is 3.74. The first kappa shape index (κ1) is 8.79. The maximum Gasteiger partial charge on any atom is 0.275 e. The van der Waals surface area contributed by atoms with E-state index in [-0.39, 0.29) is 21.6 Å². The van der Waals surface area contributed by atoms with Crippen LogP contribution in [0.25, 0.3) is 0 Å². The Bertz CT molecular complexity index is 317. The quantitative estimate of drug-likeness (QED) is 0.438. The molecule has 0 fully saturated rings. The molecule has 0 aliphatic heterocycles. The van der Waals surface area contributed by atoms with Crippen molar-refractivity contribution in [2.45, 2.75) is 0 Å². The van der Waals surface area contributed by atoms with Crippen molar-refractivity contribution in [2.24, 2.45) is 0 Å². The second-order valence-electron chi connectivity index (χ2n) is 2.13. The lowest BCUT2D eigenvalue weighted by Crippen LogP contribution is -1.92. The maximum atomic E-state index is 10.2. The van der Waals surface area contributed by atoms with Gasteiger partial charge in [-0.1, -0.05) is 0 Å². The lowest BCUT2D eigenvalue weighted by atomic mass is 10.3. The minimum atomic E-state index is -0.622. The lowest BCUT2D eigenvalue weighted by Gasteiger charge is -2.00. The first-order valence-electron chi connectivity index (χ1n) is 2.94. The normalized spacial score (nSPS) is 9.75. The summed E-state index contributed by atoms with van der Waals surface area (Å²) in [5.74, 6) is -0.235. The number of phenolic OH excluding ortho intramolecular Hbond substituents is 1. The molecule has 0 saturated carbocycles. The van der Waals surface area contributed by atoms with Gasteiger partial charge in [0.05, 0.1) is 21.1 Å². The number of rotatable bonds is 1. The van der Waals surface area contributed by atoms with E-state index in [0.29, 0.717) is 0 Å². The molecule has 0 unspecified atom stereocenters. The van der Waals surface area contributed by atoms with Crippen LogP contribution in [0.3, 0.4) is 0 Å². The number of nitrogens with two attached hydrogens (primary N) is 1. The van der Waals surface area contributed by atoms with Gasteiger partial charge in [-0.2, -0.15) is 0 Å². The zero-order valence-corrected chi connectivity index (χ0v) is 7.41. The smallest absolute Gasteiger partial charge is 0.275 e. The lowest BCUT2D eigenvalue weighted by molar-refractivity contribution is -0.384. The summed E-state index contributed by atoms with van der Waals surface area (Å²) < 4.78 is 0.271. The molecule has 0 aliphatic carbocycles. The van der Waals surface area contributed by atoms with Crippen molar-refractivity contribution in [3.05, 3.63) is 26.7 Å². The van der Waals surface area contributed by atoms with Crippen LogP contribution in [-0.2, 0) is 0 Å². The third-order valence-corrected chi connectivity index (χ3v) is 2.14. The Morgan fingerprint density at radius 2 is 2.17 bits per heavy atom. The highest BCUT2D eigenvalue weighted by molar-refractivity contribution is 9.10. The number of nitrogen functional groups attached to an aromatic ring is 1. The molecule has 1 aromatic carbocycles. The van der Waals surface area contributed by atoms with Crippen LogP contribution in [0.1, 0.15) is 0 Å². The van der Waals surface area contributed by atoms with Crippen molar-refractivity contribution in [2.75, 3.05) is 5.73 Å². The van der Waals surface area contributed by atoms with Gasteiger partial charge in [0.1, 0.15) is 5.75 Å². The maximum absolute atomic E-state index is 10.2. The van der Waals surface area contributed by atoms with Crippen LogP contribution < -0.4 is 5.73 Å². The van der Waals surface area contributed by atoms with Gasteiger partial charge in [-0.25, -0.2) is 0 Å². The van der Waals surface area contributed by atoms with Gasteiger partial charge in [-0.05, 0) is 15.9 Å². The molecule has 0 atom stereocenters. The van der Waals surface area contributed by atoms with Crippen LogP contribution in [-0.4, -0.2) is 10.0 Å². The summed E-state index contributed by atoms with van der Waals surface area (Å²) in [4.78, 5) is 9.62. The van der Waals surface area contributed by atoms with Gasteiger partial charge in [0, 0.05) is 6.07 Å². The van der Waals surface area contributed by atoms with Crippen molar-refractivity contribution < 1.29 is 10.0 Å². The first-order chi connectivity index (χ1) is 5.52. The molecule has 0 aliphatic rings. The largest absolute Gasteiger partial charge is 0.506 e. The molecule has 0 saturated heterocycles. The summed E-state index contributed by atoms with van der Waals surface area (Å²) in [6, 6.07) is 2.20. The van der Waals surface area contributed by atoms with Gasteiger partial charge in [0.15, 0.2) is 0 Å². The van der Waals surface area contributed by atoms with E-state index in [4.69, 9.17) is 10.8 Å². The van der Waals surface area contributed by atoms with Crippen molar-refractivity contribution >= 4 is 27.3 Å². The Balaban J connectivity index is 3.31. The molecule has 0 amide bonds. The summed E-state index contributed by atoms with van der Waals surface area (Å²) in [5, 5.41) is 19.3. The molecule has 64 valence electrons. The Labute approximate surface area is 76.1 Å². The molecular weight excluding hydrogens is 228 g/mol. The summed E-state index contributed by atoms with van der Waals surface area (Å²) in [5.41, 5.74) is 5.26. The molecular formula is C6H5BrN2O3. The number of benzene rings is 1. The van der Waals surface area contributed by atoms with E-state index in [1.54, 1.807) is 0 Å². The molecule has 0 aromatic heterocycles. The molecule has 0 bridgehead atoms. The molecule has 6 heteroatoms. The number of nitrogens with zero attached hydrogens (tertiary/aromatic N) is 1. The summed E-state index contributed by atoms with van der Waals surface area (Å²) in [7, 11) is 0. The molecule has 3 N–H and O–H groups in total. The molecule has 1 rings (SSSR count). The van der Waals surface area contributed by atoms with E-state index in [9.17, 15) is 10.1 Å². The van der Waals surface area contributed by atoms with Gasteiger partial charge in [-0.3, -0.25) is 10.1 Å². The number of hydrogen-bond donors (Lipinski definition) is 2. The van der Waals surface area contributed by atoms with E-state index < -0.39 is 4.92 Å². The number of non-ortho nitro benzene ring substituents is 1. The molecule has 0 heterocycles. The molecule has 1 aromatic rings. The van der Waals surface area contributed by atoms with Crippen LogP contribution >= 0.6 is 15.9 Å². The summed E-state index contributed by atoms with van der Waals surface area (Å²) >= 11 is 2.96. The van der Waals surface area contributed by atoms with E-state index in [0.717, 1.165) is 6.07 Å². The molecule has 12 heavy (non-hydrogen) atoms. The van der Waals surface area contributed by atoms with Crippen LogP contribution in [0.15, 0.2) is 16.6 Å². The third-order valence-electron chi connectivity index (χ3n) is 1.28. The highest BCUT2D eigenvalue weighted by Gasteiger charge is 2.11. The van der Waals surface area contributed by atoms with E-state index in [2.05, 4.69) is 15.9 Å². The van der Waals surface area contributed by atoms with Gasteiger partial charge in [0.25, 0.3) is 5.69 Å². The van der Waals surface area contributed by atoms with Crippen molar-refractivity contribution in [1.82, 2.24) is 0 Å². The highest BCUT2D eigenvalue weighted by atomic mass is 79.9. The molecule has 5 nitrogen and oxygen atoms in total. The second kappa shape index (κ2) is 2.98. The number of nitro benzene ring substituents is 1. The van der Waals surface area contributed by atoms with E-state index >= 15 is 0 Å². The van der Waals surface area contributed by atoms with Crippen LogP contribution in [0, 0.1) is 10.1 Å². The number of aromatic hydroxyl groups is 1. The second-order valence-corrected chi connectivity index (χ2v) is 2.92. The van der Waals surface area contributed by atoms with E-state index in [1.807, 2.05) is 0 Å². The molecule has 0 spiro atoms.